The van der Waals surface area contributed by atoms with Crippen molar-refractivity contribution >= 4 is 0 Å². The van der Waals surface area contributed by atoms with Crippen LogP contribution in [-0.4, -0.2) is 12.1 Å². The molecule has 3 atom stereocenters. The molecule has 0 spiro atoms. The lowest BCUT2D eigenvalue weighted by atomic mass is 9.64. The van der Waals surface area contributed by atoms with Gasteiger partial charge in [-0.3, -0.25) is 0 Å². The number of hydrogen-bond donors (Lipinski definition) is 1. The molecule has 2 saturated carbocycles. The van der Waals surface area contributed by atoms with E-state index in [0.717, 1.165) is 18.1 Å². The van der Waals surface area contributed by atoms with Gasteiger partial charge < -0.3 is 10.5 Å². The predicted octanol–water partition coefficient (Wildman–Crippen LogP) is 4.27. The topological polar surface area (TPSA) is 35.2 Å². The number of ether oxygens (including phenoxy) is 1. The first-order chi connectivity index (χ1) is 9.96. The molecule has 1 aromatic carbocycles. The molecular weight excluding hydrogens is 258 g/mol. The van der Waals surface area contributed by atoms with E-state index in [4.69, 9.17) is 10.5 Å². The number of nitrogens with two attached hydrogens (primary N) is 1. The largest absolute Gasteiger partial charge is 0.490 e. The summed E-state index contributed by atoms with van der Waals surface area (Å²) in [5.41, 5.74) is 8.00. The molecule has 0 saturated heterocycles. The van der Waals surface area contributed by atoms with Crippen LogP contribution in [0.3, 0.4) is 0 Å². The van der Waals surface area contributed by atoms with Crippen LogP contribution in [-0.2, 0) is 5.41 Å². The van der Waals surface area contributed by atoms with Gasteiger partial charge in [-0.1, -0.05) is 39.3 Å². The Balaban J connectivity index is 1.73. The van der Waals surface area contributed by atoms with Gasteiger partial charge in [-0.05, 0) is 60.6 Å². The van der Waals surface area contributed by atoms with E-state index in [0.29, 0.717) is 18.1 Å². The van der Waals surface area contributed by atoms with Crippen LogP contribution in [0.5, 0.6) is 5.75 Å². The van der Waals surface area contributed by atoms with Crippen LogP contribution in [0.15, 0.2) is 24.3 Å². The van der Waals surface area contributed by atoms with Crippen molar-refractivity contribution in [1.29, 1.82) is 0 Å². The zero-order chi connectivity index (χ0) is 15.0. The van der Waals surface area contributed by atoms with Crippen molar-refractivity contribution in [3.8, 4) is 5.75 Å². The highest BCUT2D eigenvalue weighted by molar-refractivity contribution is 5.33. The third kappa shape index (κ3) is 3.26. The molecule has 2 aliphatic rings. The Hall–Kier alpha value is -1.02. The molecule has 116 valence electrons. The SMILES string of the molecule is CC1CCC(C(C)(C)c2ccc(OC3CC3)cc2)C(N)C1. The van der Waals surface area contributed by atoms with Gasteiger partial charge in [0.05, 0.1) is 6.10 Å². The van der Waals surface area contributed by atoms with Gasteiger partial charge in [-0.25, -0.2) is 0 Å². The normalized spacial score (nSPS) is 30.2. The van der Waals surface area contributed by atoms with Crippen LogP contribution < -0.4 is 10.5 Å². The van der Waals surface area contributed by atoms with Crippen molar-refractivity contribution in [1.82, 2.24) is 0 Å². The summed E-state index contributed by atoms with van der Waals surface area (Å²) >= 11 is 0. The van der Waals surface area contributed by atoms with Gasteiger partial charge in [-0.2, -0.15) is 0 Å². The van der Waals surface area contributed by atoms with E-state index < -0.39 is 0 Å². The van der Waals surface area contributed by atoms with Gasteiger partial charge in [0.2, 0.25) is 0 Å². The van der Waals surface area contributed by atoms with Crippen LogP contribution in [0.4, 0.5) is 0 Å². The molecule has 3 unspecified atom stereocenters. The summed E-state index contributed by atoms with van der Waals surface area (Å²) < 4.78 is 5.85. The molecule has 2 N–H and O–H groups in total. The maximum atomic E-state index is 6.47. The smallest absolute Gasteiger partial charge is 0.119 e. The Bertz CT molecular complexity index is 475. The van der Waals surface area contributed by atoms with Crippen LogP contribution in [0.1, 0.15) is 58.4 Å². The standard InChI is InChI=1S/C19H29NO/c1-13-4-11-17(18(20)12-13)19(2,3)14-5-7-15(8-6-14)21-16-9-10-16/h5-8,13,16-18H,4,9-12,20H2,1-3H3. The number of benzene rings is 1. The van der Waals surface area contributed by atoms with Crippen molar-refractivity contribution in [2.75, 3.05) is 0 Å². The molecule has 2 fully saturated rings. The third-order valence-electron chi connectivity index (χ3n) is 5.51. The Kier molecular flexibility index (Phi) is 4.00. The molecule has 21 heavy (non-hydrogen) atoms. The lowest BCUT2D eigenvalue weighted by molar-refractivity contribution is 0.171. The van der Waals surface area contributed by atoms with Crippen LogP contribution >= 0.6 is 0 Å². The second-order valence-electron chi connectivity index (χ2n) is 7.75. The van der Waals surface area contributed by atoms with Crippen molar-refractivity contribution in [3.05, 3.63) is 29.8 Å². The van der Waals surface area contributed by atoms with Gasteiger partial charge in [0.25, 0.3) is 0 Å². The first-order valence-corrected chi connectivity index (χ1v) is 8.49. The molecule has 0 aromatic heterocycles. The Morgan fingerprint density at radius 2 is 1.71 bits per heavy atom. The second kappa shape index (κ2) is 5.64. The van der Waals surface area contributed by atoms with Gasteiger partial charge in [0.15, 0.2) is 0 Å². The first-order valence-electron chi connectivity index (χ1n) is 8.49. The molecular formula is C19H29NO. The Labute approximate surface area is 129 Å². The highest BCUT2D eigenvalue weighted by atomic mass is 16.5. The summed E-state index contributed by atoms with van der Waals surface area (Å²) in [5, 5.41) is 0. The molecule has 1 aromatic rings. The summed E-state index contributed by atoms with van der Waals surface area (Å²) in [6, 6.07) is 9.06. The van der Waals surface area contributed by atoms with Crippen molar-refractivity contribution in [3.63, 3.8) is 0 Å². The van der Waals surface area contributed by atoms with E-state index in [1.807, 2.05) is 0 Å². The van der Waals surface area contributed by atoms with Gasteiger partial charge in [0, 0.05) is 6.04 Å². The number of rotatable bonds is 4. The van der Waals surface area contributed by atoms with Crippen LogP contribution in [0.25, 0.3) is 0 Å². The lowest BCUT2D eigenvalue weighted by Gasteiger charge is -2.43. The van der Waals surface area contributed by atoms with E-state index in [9.17, 15) is 0 Å². The van der Waals surface area contributed by atoms with Crippen LogP contribution in [0, 0.1) is 11.8 Å². The highest BCUT2D eigenvalue weighted by Gasteiger charge is 2.38. The van der Waals surface area contributed by atoms with Gasteiger partial charge in [-0.15, -0.1) is 0 Å². The minimum absolute atomic E-state index is 0.137. The fraction of sp³-hybridized carbons (Fsp3) is 0.684. The van der Waals surface area contributed by atoms with Crippen molar-refractivity contribution < 1.29 is 4.74 Å². The Morgan fingerprint density at radius 1 is 1.05 bits per heavy atom. The summed E-state index contributed by atoms with van der Waals surface area (Å²) in [6.07, 6.45) is 6.61. The minimum atomic E-state index is 0.137. The molecule has 3 rings (SSSR count). The molecule has 0 heterocycles. The van der Waals surface area contributed by atoms with Gasteiger partial charge in [0.1, 0.15) is 5.75 Å². The Morgan fingerprint density at radius 3 is 2.29 bits per heavy atom. The number of hydrogen-bond acceptors (Lipinski definition) is 2. The summed E-state index contributed by atoms with van der Waals surface area (Å²) in [6.45, 7) is 7.03. The van der Waals surface area contributed by atoms with E-state index in [1.165, 1.54) is 31.2 Å². The molecule has 2 aliphatic carbocycles. The minimum Gasteiger partial charge on any atom is -0.490 e. The lowest BCUT2D eigenvalue weighted by Crippen LogP contribution is -2.45. The fourth-order valence-corrected chi connectivity index (χ4v) is 3.88. The average Bonchev–Trinajstić information content (AvgIpc) is 3.23. The molecule has 0 bridgehead atoms. The average molecular weight is 287 g/mol. The molecule has 2 heteroatoms. The van der Waals surface area contributed by atoms with E-state index >= 15 is 0 Å². The quantitative estimate of drug-likeness (QED) is 0.897. The predicted molar refractivity (Wildman–Crippen MR) is 87.6 cm³/mol. The summed E-state index contributed by atoms with van der Waals surface area (Å²) in [7, 11) is 0. The first kappa shape index (κ1) is 14.9. The third-order valence-corrected chi connectivity index (χ3v) is 5.51. The molecule has 0 radical (unpaired) electrons. The monoisotopic (exact) mass is 287 g/mol. The highest BCUT2D eigenvalue weighted by Crippen LogP contribution is 2.42. The maximum Gasteiger partial charge on any atom is 0.119 e. The van der Waals surface area contributed by atoms with Gasteiger partial charge >= 0.3 is 0 Å². The molecule has 0 aliphatic heterocycles. The maximum absolute atomic E-state index is 6.47. The molecule has 0 amide bonds. The summed E-state index contributed by atoms with van der Waals surface area (Å²) in [5.74, 6) is 2.36. The zero-order valence-electron chi connectivity index (χ0n) is 13.6. The van der Waals surface area contributed by atoms with E-state index in [1.54, 1.807) is 0 Å². The fourth-order valence-electron chi connectivity index (χ4n) is 3.88. The van der Waals surface area contributed by atoms with E-state index in [2.05, 4.69) is 45.0 Å². The van der Waals surface area contributed by atoms with E-state index in [-0.39, 0.29) is 5.41 Å². The second-order valence-corrected chi connectivity index (χ2v) is 7.75. The van der Waals surface area contributed by atoms with Crippen molar-refractivity contribution in [2.45, 2.75) is 70.4 Å². The zero-order valence-corrected chi connectivity index (χ0v) is 13.6. The van der Waals surface area contributed by atoms with Crippen LogP contribution in [0.2, 0.25) is 0 Å². The van der Waals surface area contributed by atoms with Crippen molar-refractivity contribution in [2.24, 2.45) is 17.6 Å². The molecule has 2 nitrogen and oxygen atoms in total. The summed E-state index contributed by atoms with van der Waals surface area (Å²) in [4.78, 5) is 0.